The Hall–Kier alpha value is -3.49. The number of nitrogens with zero attached hydrogens (tertiary/aromatic N) is 5. The van der Waals surface area contributed by atoms with Crippen molar-refractivity contribution in [3.8, 4) is 17.2 Å². The smallest absolute Gasteiger partial charge is 0.348 e. The molecule has 0 unspecified atom stereocenters. The second-order valence-corrected chi connectivity index (χ2v) is 8.17. The standard InChI is InChI=1S/C22H23N5O4/c1-13-9-14(2)27(22(29)23-13)12-19(28)26-10-16(11-26)30-18-6-4-3-5-17(18)21-24-20(25-31-21)15-7-8-15/h3-6,9,15-16H,7-8,10-12H2,1-2H3. The van der Waals surface area contributed by atoms with Crippen LogP contribution < -0.4 is 10.4 Å². The van der Waals surface area contributed by atoms with Crippen LogP contribution >= 0.6 is 0 Å². The van der Waals surface area contributed by atoms with E-state index in [9.17, 15) is 9.59 Å². The molecule has 1 saturated carbocycles. The van der Waals surface area contributed by atoms with Crippen molar-refractivity contribution in [1.82, 2.24) is 24.6 Å². The monoisotopic (exact) mass is 421 g/mol. The molecule has 0 radical (unpaired) electrons. The molecular weight excluding hydrogens is 398 g/mol. The molecule has 0 N–H and O–H groups in total. The summed E-state index contributed by atoms with van der Waals surface area (Å²) in [5.41, 5.74) is 1.71. The van der Waals surface area contributed by atoms with E-state index in [1.807, 2.05) is 24.3 Å². The Morgan fingerprint density at radius 3 is 2.71 bits per heavy atom. The van der Waals surface area contributed by atoms with E-state index in [2.05, 4.69) is 15.1 Å². The van der Waals surface area contributed by atoms with Crippen molar-refractivity contribution in [2.75, 3.05) is 13.1 Å². The third kappa shape index (κ3) is 3.95. The van der Waals surface area contributed by atoms with E-state index in [0.717, 1.165) is 29.9 Å². The summed E-state index contributed by atoms with van der Waals surface area (Å²) < 4.78 is 12.9. The van der Waals surface area contributed by atoms with Gasteiger partial charge in [0.1, 0.15) is 18.4 Å². The van der Waals surface area contributed by atoms with E-state index >= 15 is 0 Å². The predicted octanol–water partition coefficient (Wildman–Crippen LogP) is 2.08. The van der Waals surface area contributed by atoms with Crippen LogP contribution in [0.15, 0.2) is 39.6 Å². The molecule has 9 nitrogen and oxygen atoms in total. The quantitative estimate of drug-likeness (QED) is 0.600. The highest BCUT2D eigenvalue weighted by Gasteiger charge is 2.34. The lowest BCUT2D eigenvalue weighted by molar-refractivity contribution is -0.140. The summed E-state index contributed by atoms with van der Waals surface area (Å²) in [5, 5.41) is 4.08. The Morgan fingerprint density at radius 1 is 1.19 bits per heavy atom. The van der Waals surface area contributed by atoms with Crippen LogP contribution in [0, 0.1) is 13.8 Å². The van der Waals surface area contributed by atoms with E-state index in [1.54, 1.807) is 24.8 Å². The first-order chi connectivity index (χ1) is 15.0. The molecular formula is C22H23N5O4. The minimum absolute atomic E-state index is 0.0207. The second kappa shape index (κ2) is 7.64. The van der Waals surface area contributed by atoms with Crippen LogP contribution in [-0.2, 0) is 11.3 Å². The first-order valence-corrected chi connectivity index (χ1v) is 10.4. The van der Waals surface area contributed by atoms with Crippen LogP contribution in [0.2, 0.25) is 0 Å². The fraction of sp³-hybridized carbons (Fsp3) is 0.409. The number of aryl methyl sites for hydroxylation is 2. The van der Waals surface area contributed by atoms with Crippen molar-refractivity contribution in [2.24, 2.45) is 0 Å². The molecule has 0 bridgehead atoms. The van der Waals surface area contributed by atoms with Crippen LogP contribution in [0.3, 0.4) is 0 Å². The van der Waals surface area contributed by atoms with E-state index in [0.29, 0.717) is 36.3 Å². The van der Waals surface area contributed by atoms with Crippen molar-refractivity contribution < 1.29 is 14.1 Å². The first-order valence-electron chi connectivity index (χ1n) is 10.4. The normalized spacial score (nSPS) is 16.3. The van der Waals surface area contributed by atoms with Gasteiger partial charge < -0.3 is 14.2 Å². The maximum absolute atomic E-state index is 12.6. The molecule has 0 atom stereocenters. The van der Waals surface area contributed by atoms with Gasteiger partial charge in [-0.15, -0.1) is 0 Å². The third-order valence-corrected chi connectivity index (χ3v) is 5.64. The Morgan fingerprint density at radius 2 is 1.97 bits per heavy atom. The summed E-state index contributed by atoms with van der Waals surface area (Å²) in [6.07, 6.45) is 2.07. The molecule has 5 rings (SSSR count). The fourth-order valence-electron chi connectivity index (χ4n) is 3.70. The van der Waals surface area contributed by atoms with E-state index in [-0.39, 0.29) is 18.6 Å². The maximum Gasteiger partial charge on any atom is 0.348 e. The first kappa shape index (κ1) is 19.5. The minimum Gasteiger partial charge on any atom is -0.486 e. The van der Waals surface area contributed by atoms with Crippen LogP contribution in [0.1, 0.15) is 36.0 Å². The highest BCUT2D eigenvalue weighted by atomic mass is 16.5. The van der Waals surface area contributed by atoms with Gasteiger partial charge in [0.25, 0.3) is 5.89 Å². The Kier molecular flexibility index (Phi) is 4.80. The number of carbonyl (C=O) groups is 1. The molecule has 0 spiro atoms. The molecule has 2 aromatic heterocycles. The van der Waals surface area contributed by atoms with Crippen LogP contribution in [0.5, 0.6) is 5.75 Å². The van der Waals surface area contributed by atoms with Gasteiger partial charge in [0.05, 0.1) is 18.7 Å². The largest absolute Gasteiger partial charge is 0.486 e. The molecule has 160 valence electrons. The van der Waals surface area contributed by atoms with Crippen molar-refractivity contribution in [2.45, 2.75) is 45.3 Å². The lowest BCUT2D eigenvalue weighted by atomic mass is 10.1. The molecule has 1 aromatic carbocycles. The van der Waals surface area contributed by atoms with Gasteiger partial charge in [0, 0.05) is 17.3 Å². The summed E-state index contributed by atoms with van der Waals surface area (Å²) in [6, 6.07) is 9.33. The Balaban J connectivity index is 1.22. The van der Waals surface area contributed by atoms with Crippen LogP contribution in [0.4, 0.5) is 0 Å². The summed E-state index contributed by atoms with van der Waals surface area (Å²) in [7, 11) is 0. The molecule has 1 aliphatic carbocycles. The molecule has 3 heterocycles. The number of likely N-dealkylation sites (tertiary alicyclic amines) is 1. The zero-order chi connectivity index (χ0) is 21.5. The zero-order valence-corrected chi connectivity index (χ0v) is 17.4. The number of amides is 1. The summed E-state index contributed by atoms with van der Waals surface area (Å²) in [4.78, 5) is 34.8. The topological polar surface area (TPSA) is 103 Å². The number of hydrogen-bond acceptors (Lipinski definition) is 7. The van der Waals surface area contributed by atoms with E-state index < -0.39 is 5.69 Å². The highest BCUT2D eigenvalue weighted by molar-refractivity contribution is 5.77. The summed E-state index contributed by atoms with van der Waals surface area (Å²) in [6.45, 7) is 4.45. The second-order valence-electron chi connectivity index (χ2n) is 8.17. The van der Waals surface area contributed by atoms with Crippen molar-refractivity contribution in [3.05, 3.63) is 58.0 Å². The van der Waals surface area contributed by atoms with Crippen molar-refractivity contribution in [1.29, 1.82) is 0 Å². The number of aromatic nitrogens is 4. The molecule has 1 saturated heterocycles. The van der Waals surface area contributed by atoms with E-state index in [1.165, 1.54) is 4.57 Å². The molecule has 1 aliphatic heterocycles. The molecule has 2 fully saturated rings. The van der Waals surface area contributed by atoms with Gasteiger partial charge in [-0.05, 0) is 44.9 Å². The lowest BCUT2D eigenvalue weighted by Gasteiger charge is -2.39. The average molecular weight is 421 g/mol. The fourth-order valence-corrected chi connectivity index (χ4v) is 3.70. The summed E-state index contributed by atoms with van der Waals surface area (Å²) >= 11 is 0. The van der Waals surface area contributed by atoms with Gasteiger partial charge in [0.15, 0.2) is 5.82 Å². The zero-order valence-electron chi connectivity index (χ0n) is 17.4. The maximum atomic E-state index is 12.6. The van der Waals surface area contributed by atoms with Gasteiger partial charge in [-0.2, -0.15) is 9.97 Å². The molecule has 3 aromatic rings. The average Bonchev–Trinajstić information content (AvgIpc) is 3.44. The van der Waals surface area contributed by atoms with Gasteiger partial charge in [0.2, 0.25) is 5.91 Å². The van der Waals surface area contributed by atoms with Gasteiger partial charge >= 0.3 is 5.69 Å². The molecule has 31 heavy (non-hydrogen) atoms. The predicted molar refractivity (Wildman–Crippen MR) is 111 cm³/mol. The Labute approximate surface area is 178 Å². The lowest BCUT2D eigenvalue weighted by Crippen LogP contribution is -2.57. The SMILES string of the molecule is Cc1cc(C)n(CC(=O)N2CC(Oc3ccccc3-c3nc(C4CC4)no3)C2)c(=O)n1. The highest BCUT2D eigenvalue weighted by Crippen LogP contribution is 2.39. The molecule has 9 heteroatoms. The van der Waals surface area contributed by atoms with Crippen molar-refractivity contribution in [3.63, 3.8) is 0 Å². The van der Waals surface area contributed by atoms with Gasteiger partial charge in [-0.3, -0.25) is 9.36 Å². The number of carbonyl (C=O) groups excluding carboxylic acids is 1. The Bertz CT molecular complexity index is 1190. The van der Waals surface area contributed by atoms with E-state index in [4.69, 9.17) is 9.26 Å². The number of para-hydroxylation sites is 1. The number of benzene rings is 1. The summed E-state index contributed by atoms with van der Waals surface area (Å²) in [5.74, 6) is 2.14. The molecule has 1 amide bonds. The van der Waals surface area contributed by atoms with Crippen LogP contribution in [-0.4, -0.2) is 49.7 Å². The van der Waals surface area contributed by atoms with Crippen molar-refractivity contribution >= 4 is 5.91 Å². The number of hydrogen-bond donors (Lipinski definition) is 0. The number of rotatable bonds is 6. The molecule has 2 aliphatic rings. The third-order valence-electron chi connectivity index (χ3n) is 5.64. The van der Waals surface area contributed by atoms with Gasteiger partial charge in [-0.1, -0.05) is 17.3 Å². The van der Waals surface area contributed by atoms with Crippen LogP contribution in [0.25, 0.3) is 11.5 Å². The minimum atomic E-state index is -0.404. The number of ether oxygens (including phenoxy) is 1. The van der Waals surface area contributed by atoms with Gasteiger partial charge in [-0.25, -0.2) is 4.79 Å².